The molecule has 2 atom stereocenters. The maximum atomic E-state index is 13.1. The Hall–Kier alpha value is -1.52. The van der Waals surface area contributed by atoms with Gasteiger partial charge in [0.25, 0.3) is 5.60 Å². The smallest absolute Gasteiger partial charge is 0.426 e. The van der Waals surface area contributed by atoms with E-state index in [4.69, 9.17) is 4.74 Å². The van der Waals surface area contributed by atoms with Crippen LogP contribution in [0.2, 0.25) is 0 Å². The van der Waals surface area contributed by atoms with E-state index in [1.54, 1.807) is 0 Å². The second-order valence-corrected chi connectivity index (χ2v) is 5.46. The molecule has 1 aliphatic rings. The van der Waals surface area contributed by atoms with E-state index in [1.165, 1.54) is 0 Å². The Labute approximate surface area is 132 Å². The van der Waals surface area contributed by atoms with E-state index in [-0.39, 0.29) is 19.3 Å². The van der Waals surface area contributed by atoms with Crippen molar-refractivity contribution in [2.75, 3.05) is 0 Å². The first-order valence-corrected chi connectivity index (χ1v) is 6.98. The number of aliphatic carboxylic acids is 1. The summed E-state index contributed by atoms with van der Waals surface area (Å²) in [4.78, 5) is 21.5. The van der Waals surface area contributed by atoms with Gasteiger partial charge in [-0.2, -0.15) is 26.3 Å². The van der Waals surface area contributed by atoms with Crippen molar-refractivity contribution < 1.29 is 50.5 Å². The van der Waals surface area contributed by atoms with Crippen molar-refractivity contribution in [3.63, 3.8) is 0 Å². The molecule has 2 unspecified atom stereocenters. The highest BCUT2D eigenvalue weighted by atomic mass is 19.4. The van der Waals surface area contributed by atoms with Crippen LogP contribution in [0.25, 0.3) is 0 Å². The number of alkyl halides is 6. The third kappa shape index (κ3) is 4.52. The first-order valence-electron chi connectivity index (χ1n) is 6.98. The van der Waals surface area contributed by atoms with Gasteiger partial charge in [0.15, 0.2) is 0 Å². The van der Waals surface area contributed by atoms with Crippen LogP contribution in [0.3, 0.4) is 0 Å². The van der Waals surface area contributed by atoms with Crippen molar-refractivity contribution in [1.29, 1.82) is 0 Å². The molecule has 140 valence electrons. The summed E-state index contributed by atoms with van der Waals surface area (Å²) in [6.45, 7) is 0.952. The van der Waals surface area contributed by atoms with Gasteiger partial charge in [0, 0.05) is 19.3 Å². The summed E-state index contributed by atoms with van der Waals surface area (Å²) in [5.41, 5.74) is -4.93. The SMILES string of the molecule is CC(=O)OC1CCCCC1OC(CC(=O)[O-])(C(F)(F)F)C(F)(F)F. The van der Waals surface area contributed by atoms with E-state index in [0.29, 0.717) is 6.42 Å². The molecule has 0 saturated heterocycles. The molecule has 0 aromatic carbocycles. The number of carboxylic acids is 1. The lowest BCUT2D eigenvalue weighted by Gasteiger charge is -2.42. The lowest BCUT2D eigenvalue weighted by Crippen LogP contribution is -2.63. The second-order valence-electron chi connectivity index (χ2n) is 5.46. The van der Waals surface area contributed by atoms with Crippen LogP contribution in [0.15, 0.2) is 0 Å². The quantitative estimate of drug-likeness (QED) is 0.549. The van der Waals surface area contributed by atoms with E-state index < -0.39 is 48.5 Å². The molecule has 0 aromatic heterocycles. The Morgan fingerprint density at radius 1 is 1.00 bits per heavy atom. The Morgan fingerprint density at radius 2 is 1.46 bits per heavy atom. The molecule has 0 amide bonds. The van der Waals surface area contributed by atoms with Gasteiger partial charge in [0.1, 0.15) is 6.10 Å². The Kier molecular flexibility index (Phi) is 6.12. The summed E-state index contributed by atoms with van der Waals surface area (Å²) in [5.74, 6) is -3.45. The predicted molar refractivity (Wildman–Crippen MR) is 63.4 cm³/mol. The summed E-state index contributed by atoms with van der Waals surface area (Å²) in [7, 11) is 0. The van der Waals surface area contributed by atoms with Crippen molar-refractivity contribution in [3.05, 3.63) is 0 Å². The molecule has 1 aliphatic carbocycles. The molecular weight excluding hydrogens is 350 g/mol. The fraction of sp³-hybridized carbons (Fsp3) is 0.846. The van der Waals surface area contributed by atoms with E-state index in [1.807, 2.05) is 0 Å². The lowest BCUT2D eigenvalue weighted by molar-refractivity contribution is -0.403. The molecule has 0 aromatic rings. The summed E-state index contributed by atoms with van der Waals surface area (Å²) < 4.78 is 87.8. The molecule has 0 bridgehead atoms. The van der Waals surface area contributed by atoms with Crippen LogP contribution in [0.1, 0.15) is 39.0 Å². The first-order chi connectivity index (χ1) is 10.8. The van der Waals surface area contributed by atoms with Crippen LogP contribution in [0, 0.1) is 0 Å². The monoisotopic (exact) mass is 365 g/mol. The van der Waals surface area contributed by atoms with Crippen LogP contribution in [0.5, 0.6) is 0 Å². The summed E-state index contributed by atoms with van der Waals surface area (Å²) >= 11 is 0. The van der Waals surface area contributed by atoms with Gasteiger partial charge in [0.2, 0.25) is 0 Å². The molecule has 5 nitrogen and oxygen atoms in total. The normalized spacial score (nSPS) is 23.0. The number of carboxylic acid groups (broad SMARTS) is 1. The average molecular weight is 365 g/mol. The number of hydrogen-bond donors (Lipinski definition) is 0. The molecule has 24 heavy (non-hydrogen) atoms. The molecule has 11 heteroatoms. The van der Waals surface area contributed by atoms with Crippen molar-refractivity contribution >= 4 is 11.9 Å². The Bertz CT molecular complexity index is 458. The van der Waals surface area contributed by atoms with Crippen LogP contribution in [0.4, 0.5) is 26.3 Å². The average Bonchev–Trinajstić information content (AvgIpc) is 2.36. The highest BCUT2D eigenvalue weighted by Crippen LogP contribution is 2.49. The molecule has 0 aliphatic heterocycles. The first kappa shape index (κ1) is 20.5. The van der Waals surface area contributed by atoms with Crippen molar-refractivity contribution in [1.82, 2.24) is 0 Å². The Morgan fingerprint density at radius 3 is 1.83 bits per heavy atom. The van der Waals surface area contributed by atoms with Crippen LogP contribution in [-0.2, 0) is 19.1 Å². The van der Waals surface area contributed by atoms with Crippen molar-refractivity contribution in [2.45, 2.75) is 69.2 Å². The molecule has 0 spiro atoms. The molecule has 0 heterocycles. The number of carbonyl (C=O) groups is 2. The number of ether oxygens (including phenoxy) is 2. The fourth-order valence-electron chi connectivity index (χ4n) is 2.54. The molecule has 1 fully saturated rings. The molecule has 0 radical (unpaired) electrons. The number of rotatable bonds is 5. The highest BCUT2D eigenvalue weighted by Gasteiger charge is 2.73. The summed E-state index contributed by atoms with van der Waals surface area (Å²) in [5, 5.41) is 10.5. The van der Waals surface area contributed by atoms with E-state index in [0.717, 1.165) is 6.92 Å². The van der Waals surface area contributed by atoms with Gasteiger partial charge in [-0.1, -0.05) is 6.42 Å². The standard InChI is InChI=1S/C13H16F6O5/c1-7(20)23-8-4-2-3-5-9(8)24-11(6-10(21)22,12(14,15)16)13(17,18)19/h8-9H,2-6H2,1H3,(H,21,22)/p-1. The zero-order chi connectivity index (χ0) is 18.8. The minimum absolute atomic E-state index is 0.0152. The second kappa shape index (κ2) is 7.16. The number of hydrogen-bond acceptors (Lipinski definition) is 5. The van der Waals surface area contributed by atoms with Crippen molar-refractivity contribution in [2.24, 2.45) is 0 Å². The van der Waals surface area contributed by atoms with Gasteiger partial charge in [-0.05, 0) is 19.3 Å². The van der Waals surface area contributed by atoms with Gasteiger partial charge in [-0.25, -0.2) is 0 Å². The Balaban J connectivity index is 3.23. The van der Waals surface area contributed by atoms with Gasteiger partial charge in [-0.3, -0.25) is 4.79 Å². The van der Waals surface area contributed by atoms with Gasteiger partial charge in [-0.15, -0.1) is 0 Å². The maximum absolute atomic E-state index is 13.1. The fourth-order valence-corrected chi connectivity index (χ4v) is 2.54. The third-order valence-electron chi connectivity index (χ3n) is 3.62. The number of carbonyl (C=O) groups excluding carboxylic acids is 2. The van der Waals surface area contributed by atoms with Crippen LogP contribution in [-0.4, -0.2) is 42.1 Å². The van der Waals surface area contributed by atoms with Crippen LogP contribution < -0.4 is 5.11 Å². The third-order valence-corrected chi connectivity index (χ3v) is 3.62. The molecule has 1 rings (SSSR count). The molecule has 1 saturated carbocycles. The van der Waals surface area contributed by atoms with E-state index in [2.05, 4.69) is 4.74 Å². The van der Waals surface area contributed by atoms with Crippen LogP contribution >= 0.6 is 0 Å². The number of halogens is 6. The van der Waals surface area contributed by atoms with E-state index >= 15 is 0 Å². The van der Waals surface area contributed by atoms with Gasteiger partial charge in [0.05, 0.1) is 6.10 Å². The maximum Gasteiger partial charge on any atom is 0.426 e. The van der Waals surface area contributed by atoms with E-state index in [9.17, 15) is 41.0 Å². The zero-order valence-electron chi connectivity index (χ0n) is 12.5. The van der Waals surface area contributed by atoms with Gasteiger partial charge < -0.3 is 19.4 Å². The summed E-state index contributed by atoms with van der Waals surface area (Å²) in [6, 6.07) is 0. The number of esters is 1. The predicted octanol–water partition coefficient (Wildman–Crippen LogP) is 1.88. The van der Waals surface area contributed by atoms with Crippen molar-refractivity contribution in [3.8, 4) is 0 Å². The topological polar surface area (TPSA) is 75.7 Å². The molecule has 0 N–H and O–H groups in total. The van der Waals surface area contributed by atoms with Gasteiger partial charge >= 0.3 is 18.3 Å². The minimum Gasteiger partial charge on any atom is -0.550 e. The minimum atomic E-state index is -6.05. The zero-order valence-corrected chi connectivity index (χ0v) is 12.5. The molecular formula is C13H15F6O5-. The largest absolute Gasteiger partial charge is 0.550 e. The summed E-state index contributed by atoms with van der Waals surface area (Å²) in [6.07, 6.45) is -17.1. The highest BCUT2D eigenvalue weighted by molar-refractivity contribution is 5.66. The lowest BCUT2D eigenvalue weighted by atomic mass is 9.91.